The van der Waals surface area contributed by atoms with Gasteiger partial charge in [0.15, 0.2) is 0 Å². The van der Waals surface area contributed by atoms with Crippen LogP contribution in [0.25, 0.3) is 10.9 Å². The smallest absolute Gasteiger partial charge is 0.338 e. The standard InChI is InChI=1S/C12H12BrNO2/c1-3-16-12(15)8-4-9(13)11-7(2)6-14-10(11)5-8/h4-6,14H,3H2,1-2H3. The number of hydrogen-bond donors (Lipinski definition) is 1. The molecule has 0 aliphatic carbocycles. The molecule has 0 unspecified atom stereocenters. The lowest BCUT2D eigenvalue weighted by molar-refractivity contribution is 0.0526. The molecule has 1 N–H and O–H groups in total. The van der Waals surface area contributed by atoms with Gasteiger partial charge in [-0.05, 0) is 31.5 Å². The number of aromatic nitrogens is 1. The van der Waals surface area contributed by atoms with E-state index >= 15 is 0 Å². The van der Waals surface area contributed by atoms with Crippen LogP contribution in [0, 0.1) is 6.92 Å². The van der Waals surface area contributed by atoms with Crippen molar-refractivity contribution in [1.29, 1.82) is 0 Å². The number of fused-ring (bicyclic) bond motifs is 1. The number of halogens is 1. The summed E-state index contributed by atoms with van der Waals surface area (Å²) in [5, 5.41) is 1.10. The Morgan fingerprint density at radius 3 is 2.94 bits per heavy atom. The van der Waals surface area contributed by atoms with Gasteiger partial charge in [-0.25, -0.2) is 4.79 Å². The lowest BCUT2D eigenvalue weighted by Crippen LogP contribution is -2.04. The summed E-state index contributed by atoms with van der Waals surface area (Å²) in [4.78, 5) is 14.7. The Balaban J connectivity index is 2.54. The minimum Gasteiger partial charge on any atom is -0.462 e. The molecule has 1 aromatic carbocycles. The molecule has 3 nitrogen and oxygen atoms in total. The van der Waals surface area contributed by atoms with E-state index in [-0.39, 0.29) is 5.97 Å². The van der Waals surface area contributed by atoms with Crippen LogP contribution in [-0.2, 0) is 4.74 Å². The highest BCUT2D eigenvalue weighted by molar-refractivity contribution is 9.10. The van der Waals surface area contributed by atoms with Crippen LogP contribution in [0.1, 0.15) is 22.8 Å². The molecule has 4 heteroatoms. The molecule has 0 saturated carbocycles. The molecule has 2 rings (SSSR count). The molecule has 0 amide bonds. The summed E-state index contributed by atoms with van der Waals surface area (Å²) in [6.07, 6.45) is 1.92. The molecular weight excluding hydrogens is 270 g/mol. The van der Waals surface area contributed by atoms with Crippen LogP contribution >= 0.6 is 15.9 Å². The third kappa shape index (κ3) is 1.85. The number of benzene rings is 1. The SMILES string of the molecule is CCOC(=O)c1cc(Br)c2c(C)c[nH]c2c1. The van der Waals surface area contributed by atoms with Crippen molar-refractivity contribution >= 4 is 32.8 Å². The zero-order chi connectivity index (χ0) is 11.7. The van der Waals surface area contributed by atoms with E-state index in [9.17, 15) is 4.79 Å². The Labute approximate surface area is 102 Å². The first kappa shape index (κ1) is 11.2. The summed E-state index contributed by atoms with van der Waals surface area (Å²) >= 11 is 3.47. The van der Waals surface area contributed by atoms with Gasteiger partial charge < -0.3 is 9.72 Å². The Hall–Kier alpha value is -1.29. The van der Waals surface area contributed by atoms with Crippen molar-refractivity contribution < 1.29 is 9.53 Å². The highest BCUT2D eigenvalue weighted by atomic mass is 79.9. The van der Waals surface area contributed by atoms with E-state index in [1.54, 1.807) is 13.0 Å². The molecule has 0 fully saturated rings. The first-order valence-corrected chi connectivity index (χ1v) is 5.87. The highest BCUT2D eigenvalue weighted by Crippen LogP contribution is 2.28. The Morgan fingerprint density at radius 2 is 2.25 bits per heavy atom. The van der Waals surface area contributed by atoms with Crippen LogP contribution < -0.4 is 0 Å². The van der Waals surface area contributed by atoms with Crippen LogP contribution in [0.2, 0.25) is 0 Å². The van der Waals surface area contributed by atoms with E-state index in [0.29, 0.717) is 12.2 Å². The second-order valence-corrected chi connectivity index (χ2v) is 4.43. The van der Waals surface area contributed by atoms with Gasteiger partial charge in [-0.15, -0.1) is 0 Å². The minimum atomic E-state index is -0.294. The second kappa shape index (κ2) is 4.29. The minimum absolute atomic E-state index is 0.294. The molecule has 0 aliphatic heterocycles. The fourth-order valence-corrected chi connectivity index (χ4v) is 2.48. The van der Waals surface area contributed by atoms with E-state index in [0.717, 1.165) is 20.9 Å². The molecule has 0 spiro atoms. The molecule has 0 bridgehead atoms. The summed E-state index contributed by atoms with van der Waals surface area (Å²) in [7, 11) is 0. The van der Waals surface area contributed by atoms with Crippen molar-refractivity contribution in [3.63, 3.8) is 0 Å². The van der Waals surface area contributed by atoms with Crippen LogP contribution in [0.3, 0.4) is 0 Å². The van der Waals surface area contributed by atoms with Crippen molar-refractivity contribution in [2.45, 2.75) is 13.8 Å². The first-order valence-electron chi connectivity index (χ1n) is 5.08. The summed E-state index contributed by atoms with van der Waals surface area (Å²) in [6.45, 7) is 4.20. The average Bonchev–Trinajstić information content (AvgIpc) is 2.61. The van der Waals surface area contributed by atoms with Gasteiger partial charge in [0.25, 0.3) is 0 Å². The summed E-state index contributed by atoms with van der Waals surface area (Å²) < 4.78 is 5.87. The van der Waals surface area contributed by atoms with Gasteiger partial charge in [-0.3, -0.25) is 0 Å². The number of hydrogen-bond acceptors (Lipinski definition) is 2. The maximum atomic E-state index is 11.6. The summed E-state index contributed by atoms with van der Waals surface area (Å²) in [5.74, 6) is -0.294. The molecule has 2 aromatic rings. The van der Waals surface area contributed by atoms with Crippen molar-refractivity contribution in [3.8, 4) is 0 Å². The van der Waals surface area contributed by atoms with Gasteiger partial charge in [0, 0.05) is 21.6 Å². The molecule has 1 aromatic heterocycles. The number of carbonyl (C=O) groups excluding carboxylic acids is 1. The molecule has 84 valence electrons. The number of aryl methyl sites for hydroxylation is 1. The van der Waals surface area contributed by atoms with E-state index in [2.05, 4.69) is 20.9 Å². The predicted molar refractivity (Wildman–Crippen MR) is 66.7 cm³/mol. The average molecular weight is 282 g/mol. The van der Waals surface area contributed by atoms with E-state index in [1.165, 1.54) is 0 Å². The highest BCUT2D eigenvalue weighted by Gasteiger charge is 2.11. The monoisotopic (exact) mass is 281 g/mol. The van der Waals surface area contributed by atoms with Crippen LogP contribution in [-0.4, -0.2) is 17.6 Å². The van der Waals surface area contributed by atoms with Crippen LogP contribution in [0.5, 0.6) is 0 Å². The van der Waals surface area contributed by atoms with Crippen molar-refractivity contribution in [3.05, 3.63) is 33.9 Å². The molecule has 0 atom stereocenters. The van der Waals surface area contributed by atoms with E-state index < -0.39 is 0 Å². The molecule has 0 radical (unpaired) electrons. The summed E-state index contributed by atoms with van der Waals surface area (Å²) in [6, 6.07) is 3.60. The van der Waals surface area contributed by atoms with Crippen molar-refractivity contribution in [2.24, 2.45) is 0 Å². The topological polar surface area (TPSA) is 42.1 Å². The van der Waals surface area contributed by atoms with Crippen LogP contribution in [0.15, 0.2) is 22.8 Å². The lowest BCUT2D eigenvalue weighted by Gasteiger charge is -2.03. The lowest BCUT2D eigenvalue weighted by atomic mass is 10.1. The number of aromatic amines is 1. The third-order valence-corrected chi connectivity index (χ3v) is 3.07. The zero-order valence-corrected chi connectivity index (χ0v) is 10.7. The molecule has 0 aliphatic rings. The van der Waals surface area contributed by atoms with Crippen molar-refractivity contribution in [2.75, 3.05) is 6.61 Å². The number of carbonyl (C=O) groups is 1. The van der Waals surface area contributed by atoms with Gasteiger partial charge in [0.1, 0.15) is 0 Å². The van der Waals surface area contributed by atoms with Gasteiger partial charge in [0.2, 0.25) is 0 Å². The number of esters is 1. The Kier molecular flexibility index (Phi) is 3.01. The van der Waals surface area contributed by atoms with Crippen molar-refractivity contribution in [1.82, 2.24) is 4.98 Å². The number of ether oxygens (including phenoxy) is 1. The molecule has 1 heterocycles. The van der Waals surface area contributed by atoms with Gasteiger partial charge in [-0.2, -0.15) is 0 Å². The maximum Gasteiger partial charge on any atom is 0.338 e. The predicted octanol–water partition coefficient (Wildman–Crippen LogP) is 3.42. The van der Waals surface area contributed by atoms with Gasteiger partial charge in [0.05, 0.1) is 12.2 Å². The summed E-state index contributed by atoms with van der Waals surface area (Å²) in [5.41, 5.74) is 2.65. The fraction of sp³-hybridized carbons (Fsp3) is 0.250. The van der Waals surface area contributed by atoms with E-state index in [4.69, 9.17) is 4.74 Å². The number of H-pyrrole nitrogens is 1. The Morgan fingerprint density at radius 1 is 1.50 bits per heavy atom. The largest absolute Gasteiger partial charge is 0.462 e. The number of rotatable bonds is 2. The quantitative estimate of drug-likeness (QED) is 0.857. The first-order chi connectivity index (χ1) is 7.63. The normalized spacial score (nSPS) is 10.7. The maximum absolute atomic E-state index is 11.6. The fourth-order valence-electron chi connectivity index (χ4n) is 1.71. The van der Waals surface area contributed by atoms with E-state index in [1.807, 2.05) is 19.2 Å². The number of nitrogens with one attached hydrogen (secondary N) is 1. The zero-order valence-electron chi connectivity index (χ0n) is 9.13. The van der Waals surface area contributed by atoms with Gasteiger partial charge in [-0.1, -0.05) is 15.9 Å². The Bertz CT molecular complexity index is 545. The van der Waals surface area contributed by atoms with Crippen LogP contribution in [0.4, 0.5) is 0 Å². The molecule has 0 saturated heterocycles. The second-order valence-electron chi connectivity index (χ2n) is 3.57. The van der Waals surface area contributed by atoms with Gasteiger partial charge >= 0.3 is 5.97 Å². The third-order valence-electron chi connectivity index (χ3n) is 2.44. The molecule has 16 heavy (non-hydrogen) atoms. The molecular formula is C12H12BrNO2.